The van der Waals surface area contributed by atoms with Gasteiger partial charge in [0, 0.05) is 18.3 Å². The van der Waals surface area contributed by atoms with Crippen LogP contribution in [0.25, 0.3) is 0 Å². The van der Waals surface area contributed by atoms with E-state index in [4.69, 9.17) is 0 Å². The van der Waals surface area contributed by atoms with Crippen molar-refractivity contribution in [1.82, 2.24) is 5.32 Å². The molecule has 0 aliphatic heterocycles. The third kappa shape index (κ3) is 3.49. The van der Waals surface area contributed by atoms with Crippen LogP contribution in [-0.2, 0) is 0 Å². The summed E-state index contributed by atoms with van der Waals surface area (Å²) in [5, 5.41) is 6.31. The summed E-state index contributed by atoms with van der Waals surface area (Å²) in [7, 11) is 0. The van der Waals surface area contributed by atoms with Gasteiger partial charge in [0.1, 0.15) is 0 Å². The van der Waals surface area contributed by atoms with Crippen molar-refractivity contribution in [3.05, 3.63) is 29.8 Å². The van der Waals surface area contributed by atoms with Gasteiger partial charge in [0.05, 0.1) is 5.56 Å². The van der Waals surface area contributed by atoms with E-state index in [2.05, 4.69) is 17.6 Å². The van der Waals surface area contributed by atoms with Crippen molar-refractivity contribution in [1.29, 1.82) is 0 Å². The monoisotopic (exact) mass is 246 g/mol. The smallest absolute Gasteiger partial charge is 0.253 e. The number of benzene rings is 1. The van der Waals surface area contributed by atoms with Gasteiger partial charge in [-0.05, 0) is 38.3 Å². The van der Waals surface area contributed by atoms with E-state index in [9.17, 15) is 4.79 Å². The number of nitrogens with one attached hydrogen (secondary N) is 2. The highest BCUT2D eigenvalue weighted by Gasteiger charge is 2.24. The lowest BCUT2D eigenvalue weighted by Crippen LogP contribution is -2.33. The largest absolute Gasteiger partial charge is 0.385 e. The zero-order valence-corrected chi connectivity index (χ0v) is 11.2. The lowest BCUT2D eigenvalue weighted by Gasteiger charge is -2.15. The highest BCUT2D eigenvalue weighted by atomic mass is 16.1. The third-order valence-corrected chi connectivity index (χ3v) is 3.30. The Balaban J connectivity index is 1.98. The molecule has 1 aliphatic carbocycles. The minimum Gasteiger partial charge on any atom is -0.385 e. The molecule has 3 nitrogen and oxygen atoms in total. The van der Waals surface area contributed by atoms with Crippen molar-refractivity contribution in [2.45, 2.75) is 39.2 Å². The average molecular weight is 246 g/mol. The summed E-state index contributed by atoms with van der Waals surface area (Å²) in [5.41, 5.74) is 1.65. The van der Waals surface area contributed by atoms with Crippen molar-refractivity contribution in [3.8, 4) is 0 Å². The van der Waals surface area contributed by atoms with Gasteiger partial charge in [-0.1, -0.05) is 25.0 Å². The van der Waals surface area contributed by atoms with Gasteiger partial charge in [-0.25, -0.2) is 0 Å². The summed E-state index contributed by atoms with van der Waals surface area (Å²) in [6.07, 6.45) is 3.76. The molecule has 2 N–H and O–H groups in total. The fourth-order valence-corrected chi connectivity index (χ4v) is 2.24. The van der Waals surface area contributed by atoms with Gasteiger partial charge in [0.15, 0.2) is 0 Å². The number of para-hydroxylation sites is 1. The van der Waals surface area contributed by atoms with E-state index in [1.165, 1.54) is 12.8 Å². The fraction of sp³-hybridized carbons (Fsp3) is 0.533. The molecular weight excluding hydrogens is 224 g/mol. The number of rotatable bonds is 6. The summed E-state index contributed by atoms with van der Waals surface area (Å²) < 4.78 is 0. The lowest BCUT2D eigenvalue weighted by atomic mass is 10.1. The lowest BCUT2D eigenvalue weighted by molar-refractivity contribution is 0.0938. The van der Waals surface area contributed by atoms with Gasteiger partial charge in [0.2, 0.25) is 0 Å². The first-order valence-corrected chi connectivity index (χ1v) is 6.84. The summed E-state index contributed by atoms with van der Waals surface area (Å²) in [4.78, 5) is 12.2. The maximum atomic E-state index is 12.2. The van der Waals surface area contributed by atoms with Crippen LogP contribution in [0.5, 0.6) is 0 Å². The molecule has 1 aromatic carbocycles. The number of amides is 1. The van der Waals surface area contributed by atoms with Crippen LogP contribution in [0.4, 0.5) is 5.69 Å². The molecule has 0 radical (unpaired) electrons. The van der Waals surface area contributed by atoms with Crippen LogP contribution in [0.1, 0.15) is 43.5 Å². The van der Waals surface area contributed by atoms with Crippen LogP contribution in [0.3, 0.4) is 0 Å². The Morgan fingerprint density at radius 3 is 2.78 bits per heavy atom. The van der Waals surface area contributed by atoms with Crippen LogP contribution in [-0.4, -0.2) is 18.5 Å². The first-order valence-electron chi connectivity index (χ1n) is 6.84. The highest BCUT2D eigenvalue weighted by Crippen LogP contribution is 2.33. The molecule has 0 bridgehead atoms. The molecule has 98 valence electrons. The zero-order chi connectivity index (χ0) is 13.0. The molecule has 18 heavy (non-hydrogen) atoms. The second-order valence-electron chi connectivity index (χ2n) is 5.13. The van der Waals surface area contributed by atoms with E-state index in [1.54, 1.807) is 0 Å². The molecule has 0 saturated heterocycles. The summed E-state index contributed by atoms with van der Waals surface area (Å²) in [6.45, 7) is 4.94. The second kappa shape index (κ2) is 5.89. The maximum Gasteiger partial charge on any atom is 0.253 e. The zero-order valence-electron chi connectivity index (χ0n) is 11.2. The number of carbonyl (C=O) groups is 1. The molecule has 0 spiro atoms. The van der Waals surface area contributed by atoms with E-state index in [0.717, 1.165) is 30.1 Å². The van der Waals surface area contributed by atoms with Crippen molar-refractivity contribution in [3.63, 3.8) is 0 Å². The highest BCUT2D eigenvalue weighted by molar-refractivity contribution is 5.99. The topological polar surface area (TPSA) is 41.1 Å². The van der Waals surface area contributed by atoms with E-state index in [1.807, 2.05) is 31.2 Å². The standard InChI is InChI=1S/C15H22N2O/c1-3-16-14-7-5-4-6-13(14)15(18)17-11(2)10-12-8-9-12/h4-7,11-12,16H,3,8-10H2,1-2H3,(H,17,18). The molecule has 1 fully saturated rings. The Labute approximate surface area is 109 Å². The Morgan fingerprint density at radius 2 is 2.11 bits per heavy atom. The molecule has 1 unspecified atom stereocenters. The Bertz CT molecular complexity index is 413. The van der Waals surface area contributed by atoms with Crippen molar-refractivity contribution in [2.24, 2.45) is 5.92 Å². The summed E-state index contributed by atoms with van der Waals surface area (Å²) in [6, 6.07) is 7.94. The average Bonchev–Trinajstić information content (AvgIpc) is 3.13. The molecule has 1 aromatic rings. The van der Waals surface area contributed by atoms with Gasteiger partial charge in [-0.2, -0.15) is 0 Å². The van der Waals surface area contributed by atoms with Gasteiger partial charge in [-0.3, -0.25) is 4.79 Å². The predicted octanol–water partition coefficient (Wildman–Crippen LogP) is 3.04. The SMILES string of the molecule is CCNc1ccccc1C(=O)NC(C)CC1CC1. The maximum absolute atomic E-state index is 12.2. The molecular formula is C15H22N2O. The Morgan fingerprint density at radius 1 is 1.39 bits per heavy atom. The van der Waals surface area contributed by atoms with Crippen LogP contribution in [0, 0.1) is 5.92 Å². The van der Waals surface area contributed by atoms with E-state index >= 15 is 0 Å². The Hall–Kier alpha value is -1.51. The second-order valence-corrected chi connectivity index (χ2v) is 5.13. The van der Waals surface area contributed by atoms with E-state index in [0.29, 0.717) is 0 Å². The molecule has 0 heterocycles. The molecule has 1 amide bonds. The van der Waals surface area contributed by atoms with Crippen LogP contribution >= 0.6 is 0 Å². The van der Waals surface area contributed by atoms with Crippen molar-refractivity contribution >= 4 is 11.6 Å². The number of hydrogen-bond donors (Lipinski definition) is 2. The molecule has 1 aliphatic rings. The fourth-order valence-electron chi connectivity index (χ4n) is 2.24. The van der Waals surface area contributed by atoms with Crippen LogP contribution in [0.15, 0.2) is 24.3 Å². The van der Waals surface area contributed by atoms with Crippen molar-refractivity contribution < 1.29 is 4.79 Å². The minimum atomic E-state index is 0.0275. The third-order valence-electron chi connectivity index (χ3n) is 3.30. The molecule has 3 heteroatoms. The summed E-state index contributed by atoms with van der Waals surface area (Å²) >= 11 is 0. The van der Waals surface area contributed by atoms with Gasteiger partial charge >= 0.3 is 0 Å². The molecule has 2 rings (SSSR count). The first-order chi connectivity index (χ1) is 8.70. The first kappa shape index (κ1) is 12.9. The van der Waals surface area contributed by atoms with E-state index < -0.39 is 0 Å². The van der Waals surface area contributed by atoms with E-state index in [-0.39, 0.29) is 11.9 Å². The van der Waals surface area contributed by atoms with Crippen LogP contribution in [0.2, 0.25) is 0 Å². The van der Waals surface area contributed by atoms with Gasteiger partial charge in [-0.15, -0.1) is 0 Å². The van der Waals surface area contributed by atoms with Crippen LogP contribution < -0.4 is 10.6 Å². The Kier molecular flexibility index (Phi) is 4.24. The van der Waals surface area contributed by atoms with Gasteiger partial charge < -0.3 is 10.6 Å². The molecule has 1 atom stereocenters. The molecule has 1 saturated carbocycles. The van der Waals surface area contributed by atoms with Crippen molar-refractivity contribution in [2.75, 3.05) is 11.9 Å². The number of carbonyl (C=O) groups excluding carboxylic acids is 1. The number of anilines is 1. The number of hydrogen-bond acceptors (Lipinski definition) is 2. The molecule has 0 aromatic heterocycles. The normalized spacial score (nSPS) is 16.1. The minimum absolute atomic E-state index is 0.0275. The quantitative estimate of drug-likeness (QED) is 0.810. The summed E-state index contributed by atoms with van der Waals surface area (Å²) in [5.74, 6) is 0.865. The van der Waals surface area contributed by atoms with Gasteiger partial charge in [0.25, 0.3) is 5.91 Å². The predicted molar refractivity (Wildman–Crippen MR) is 74.9 cm³/mol.